The van der Waals surface area contributed by atoms with Crippen LogP contribution in [0.3, 0.4) is 0 Å². The first-order chi connectivity index (χ1) is 13.1. The summed E-state index contributed by atoms with van der Waals surface area (Å²) in [4.78, 5) is 14.9. The third-order valence-electron chi connectivity index (χ3n) is 4.67. The Bertz CT molecular complexity index is 939. The van der Waals surface area contributed by atoms with Crippen LogP contribution >= 0.6 is 22.9 Å². The highest BCUT2D eigenvalue weighted by atomic mass is 35.5. The molecule has 0 spiro atoms. The third-order valence-corrected chi connectivity index (χ3v) is 5.98. The van der Waals surface area contributed by atoms with E-state index in [-0.39, 0.29) is 11.8 Å². The van der Waals surface area contributed by atoms with Crippen molar-refractivity contribution in [3.05, 3.63) is 53.3 Å². The topological polar surface area (TPSA) is 63.1 Å². The average Bonchev–Trinajstić information content (AvgIpc) is 3.35. The van der Waals surface area contributed by atoms with Gasteiger partial charge in [-0.15, -0.1) is 10.2 Å². The van der Waals surface area contributed by atoms with Crippen molar-refractivity contribution >= 4 is 39.7 Å². The molecule has 0 radical (unpaired) electrons. The van der Waals surface area contributed by atoms with Crippen molar-refractivity contribution in [2.75, 3.05) is 23.3 Å². The van der Waals surface area contributed by atoms with Crippen molar-refractivity contribution in [1.82, 2.24) is 14.8 Å². The number of aryl methyl sites for hydroxylation is 1. The molecule has 3 heterocycles. The molecule has 6 nitrogen and oxygen atoms in total. The molecule has 140 valence electrons. The summed E-state index contributed by atoms with van der Waals surface area (Å²) < 4.78 is 1.94. The lowest BCUT2D eigenvalue weighted by molar-refractivity contribution is -0.120. The van der Waals surface area contributed by atoms with E-state index in [1.54, 1.807) is 0 Å². The first-order valence-corrected chi connectivity index (χ1v) is 10.1. The van der Waals surface area contributed by atoms with E-state index in [2.05, 4.69) is 20.4 Å². The highest BCUT2D eigenvalue weighted by Gasteiger charge is 2.28. The van der Waals surface area contributed by atoms with E-state index in [9.17, 15) is 4.79 Å². The molecule has 1 N–H and O–H groups in total. The molecule has 8 heteroatoms. The van der Waals surface area contributed by atoms with Crippen LogP contribution in [0, 0.1) is 12.8 Å². The molecule has 0 unspecified atom stereocenters. The predicted octanol–water partition coefficient (Wildman–Crippen LogP) is 4.15. The van der Waals surface area contributed by atoms with Crippen molar-refractivity contribution in [3.63, 3.8) is 0 Å². The summed E-state index contributed by atoms with van der Waals surface area (Å²) in [6.45, 7) is 3.49. The number of rotatable bonds is 4. The molecule has 1 aromatic carbocycles. The Kier molecular flexibility index (Phi) is 5.13. The number of nitrogens with zero attached hydrogens (tertiary/aromatic N) is 4. The number of carbonyl (C=O) groups is 1. The second-order valence-corrected chi connectivity index (χ2v) is 8.06. The average molecular weight is 402 g/mol. The Balaban J connectivity index is 1.44. The van der Waals surface area contributed by atoms with Crippen LogP contribution in [-0.4, -0.2) is 33.8 Å². The predicted molar refractivity (Wildman–Crippen MR) is 109 cm³/mol. The molecule has 27 heavy (non-hydrogen) atoms. The number of hydrogen-bond donors (Lipinski definition) is 1. The van der Waals surface area contributed by atoms with Gasteiger partial charge >= 0.3 is 0 Å². The maximum Gasteiger partial charge on any atom is 0.229 e. The largest absolute Gasteiger partial charge is 0.346 e. The van der Waals surface area contributed by atoms with E-state index < -0.39 is 0 Å². The third kappa shape index (κ3) is 3.99. The minimum absolute atomic E-state index is 0.000557. The molecule has 3 aromatic rings. The summed E-state index contributed by atoms with van der Waals surface area (Å²) in [6, 6.07) is 9.56. The van der Waals surface area contributed by atoms with E-state index in [4.69, 9.17) is 11.6 Å². The maximum atomic E-state index is 12.7. The van der Waals surface area contributed by atoms with Gasteiger partial charge in [-0.2, -0.15) is 0 Å². The van der Waals surface area contributed by atoms with E-state index in [1.165, 1.54) is 11.3 Å². The van der Waals surface area contributed by atoms with E-state index >= 15 is 0 Å². The molecule has 2 aromatic heterocycles. The SMILES string of the molecule is Cc1ccc(NC(=O)[C@@H]2CCCN(c3nnc(-n4cccc4)s3)C2)c(Cl)c1. The van der Waals surface area contributed by atoms with Gasteiger partial charge in [-0.25, -0.2) is 0 Å². The molecule has 1 aliphatic rings. The molecule has 0 saturated carbocycles. The number of anilines is 2. The van der Waals surface area contributed by atoms with Crippen LogP contribution in [0.5, 0.6) is 0 Å². The first-order valence-electron chi connectivity index (χ1n) is 8.89. The van der Waals surface area contributed by atoms with Gasteiger partial charge < -0.3 is 10.2 Å². The fraction of sp³-hybridized carbons (Fsp3) is 0.316. The number of piperidine rings is 1. The van der Waals surface area contributed by atoms with Gasteiger partial charge in [0, 0.05) is 25.5 Å². The van der Waals surface area contributed by atoms with Gasteiger partial charge in [-0.05, 0) is 49.6 Å². The molecule has 0 aliphatic carbocycles. The van der Waals surface area contributed by atoms with Gasteiger partial charge in [-0.1, -0.05) is 29.0 Å². The Morgan fingerprint density at radius 1 is 1.26 bits per heavy atom. The molecule has 1 aliphatic heterocycles. The Morgan fingerprint density at radius 2 is 2.04 bits per heavy atom. The minimum atomic E-state index is -0.102. The van der Waals surface area contributed by atoms with Crippen LogP contribution in [0.2, 0.25) is 5.02 Å². The van der Waals surface area contributed by atoms with Crippen LogP contribution in [0.25, 0.3) is 5.13 Å². The molecule has 4 rings (SSSR count). The maximum absolute atomic E-state index is 12.7. The zero-order valence-electron chi connectivity index (χ0n) is 14.9. The Morgan fingerprint density at radius 3 is 2.81 bits per heavy atom. The van der Waals surface area contributed by atoms with Crippen molar-refractivity contribution < 1.29 is 4.79 Å². The standard InChI is InChI=1S/C19H20ClN5OS/c1-13-6-7-16(15(20)11-13)21-17(26)14-5-4-10-25(12-14)19-23-22-18(27-19)24-8-2-3-9-24/h2-3,6-9,11,14H,4-5,10,12H2,1H3,(H,21,26)/t14-/m1/s1. The number of benzene rings is 1. The van der Waals surface area contributed by atoms with Gasteiger partial charge in [0.05, 0.1) is 16.6 Å². The number of halogens is 1. The van der Waals surface area contributed by atoms with Crippen LogP contribution < -0.4 is 10.2 Å². The van der Waals surface area contributed by atoms with Crippen LogP contribution in [-0.2, 0) is 4.79 Å². The van der Waals surface area contributed by atoms with Gasteiger partial charge in [0.15, 0.2) is 0 Å². The second-order valence-electron chi connectivity index (χ2n) is 6.72. The molecular weight excluding hydrogens is 382 g/mol. The monoisotopic (exact) mass is 401 g/mol. The second kappa shape index (κ2) is 7.70. The summed E-state index contributed by atoms with van der Waals surface area (Å²) in [6.07, 6.45) is 5.69. The Labute approximate surface area is 166 Å². The lowest BCUT2D eigenvalue weighted by Crippen LogP contribution is -2.40. The van der Waals surface area contributed by atoms with Crippen LogP contribution in [0.15, 0.2) is 42.7 Å². The van der Waals surface area contributed by atoms with Crippen molar-refractivity contribution in [2.45, 2.75) is 19.8 Å². The summed E-state index contributed by atoms with van der Waals surface area (Å²) >= 11 is 7.78. The Hall–Kier alpha value is -2.38. The summed E-state index contributed by atoms with van der Waals surface area (Å²) in [7, 11) is 0. The van der Waals surface area contributed by atoms with Crippen LogP contribution in [0.4, 0.5) is 10.8 Å². The molecule has 1 amide bonds. The highest BCUT2D eigenvalue weighted by Crippen LogP contribution is 2.29. The summed E-state index contributed by atoms with van der Waals surface area (Å²) in [5, 5.41) is 13.8. The van der Waals surface area contributed by atoms with Crippen molar-refractivity contribution in [3.8, 4) is 5.13 Å². The van der Waals surface area contributed by atoms with Crippen molar-refractivity contribution in [2.24, 2.45) is 5.92 Å². The highest BCUT2D eigenvalue weighted by molar-refractivity contribution is 7.17. The molecule has 1 fully saturated rings. The van der Waals surface area contributed by atoms with Gasteiger partial charge in [0.2, 0.25) is 16.2 Å². The van der Waals surface area contributed by atoms with E-state index in [0.29, 0.717) is 17.3 Å². The summed E-state index contributed by atoms with van der Waals surface area (Å²) in [5.74, 6) is -0.101. The van der Waals surface area contributed by atoms with Gasteiger partial charge in [-0.3, -0.25) is 9.36 Å². The van der Waals surface area contributed by atoms with Crippen molar-refractivity contribution in [1.29, 1.82) is 0 Å². The number of aromatic nitrogens is 3. The molecule has 0 bridgehead atoms. The lowest BCUT2D eigenvalue weighted by atomic mass is 9.97. The van der Waals surface area contributed by atoms with E-state index in [0.717, 1.165) is 35.2 Å². The zero-order chi connectivity index (χ0) is 18.8. The first kappa shape index (κ1) is 18.0. The van der Waals surface area contributed by atoms with Gasteiger partial charge in [0.25, 0.3) is 0 Å². The fourth-order valence-corrected chi connectivity index (χ4v) is 4.35. The number of amides is 1. The summed E-state index contributed by atoms with van der Waals surface area (Å²) in [5.41, 5.74) is 1.73. The quantitative estimate of drug-likeness (QED) is 0.713. The fourth-order valence-electron chi connectivity index (χ4n) is 3.22. The molecule has 1 saturated heterocycles. The molecular formula is C19H20ClN5OS. The van der Waals surface area contributed by atoms with Crippen LogP contribution in [0.1, 0.15) is 18.4 Å². The smallest absolute Gasteiger partial charge is 0.229 e. The minimum Gasteiger partial charge on any atom is -0.346 e. The lowest BCUT2D eigenvalue weighted by Gasteiger charge is -2.31. The van der Waals surface area contributed by atoms with E-state index in [1.807, 2.05) is 54.2 Å². The number of nitrogens with one attached hydrogen (secondary N) is 1. The number of hydrogen-bond acceptors (Lipinski definition) is 5. The molecule has 1 atom stereocenters. The normalized spacial score (nSPS) is 17.1. The van der Waals surface area contributed by atoms with Gasteiger partial charge in [0.1, 0.15) is 0 Å². The number of carbonyl (C=O) groups excluding carboxylic acids is 1. The zero-order valence-corrected chi connectivity index (χ0v) is 16.5.